The van der Waals surface area contributed by atoms with Crippen LogP contribution in [0.4, 0.5) is 5.95 Å². The van der Waals surface area contributed by atoms with Crippen molar-refractivity contribution in [2.24, 2.45) is 0 Å². The minimum atomic E-state index is -1.44. The van der Waals surface area contributed by atoms with Gasteiger partial charge in [-0.3, -0.25) is 19.4 Å². The Morgan fingerprint density at radius 2 is 1.90 bits per heavy atom. The van der Waals surface area contributed by atoms with E-state index in [-0.39, 0.29) is 25.4 Å². The summed E-state index contributed by atoms with van der Waals surface area (Å²) >= 11 is 0. The maximum atomic E-state index is 11.8. The van der Waals surface area contributed by atoms with Gasteiger partial charge >= 0.3 is 11.7 Å². The van der Waals surface area contributed by atoms with Gasteiger partial charge in [0, 0.05) is 12.8 Å². The van der Waals surface area contributed by atoms with E-state index in [0.717, 1.165) is 17.3 Å². The first kappa shape index (κ1) is 22.7. The lowest BCUT2D eigenvalue weighted by atomic mass is 10.1. The normalized spacial score (nSPS) is 23.7. The average molecular weight is 415 g/mol. The van der Waals surface area contributed by atoms with Gasteiger partial charge in [-0.2, -0.15) is 4.98 Å². The number of aliphatic hydroxyl groups is 2. The zero-order valence-electron chi connectivity index (χ0n) is 15.6. The first-order chi connectivity index (χ1) is 13.8. The number of rotatable bonds is 10. The molecule has 1 aromatic rings. The number of nitrogens with zero attached hydrogens (tertiary/aromatic N) is 3. The summed E-state index contributed by atoms with van der Waals surface area (Å²) in [6.07, 6.45) is -1.12. The van der Waals surface area contributed by atoms with Crippen LogP contribution in [0.3, 0.4) is 0 Å². The Hall–Kier alpha value is -2.61. The molecule has 0 radical (unpaired) electrons. The molecule has 29 heavy (non-hydrogen) atoms. The molecule has 6 N–H and O–H groups in total. The number of unbranched alkanes of at least 4 members (excludes halogenated alkanes) is 3. The van der Waals surface area contributed by atoms with Crippen LogP contribution in [0.1, 0.15) is 44.8 Å². The molecule has 1 aromatic heterocycles. The first-order valence-corrected chi connectivity index (χ1v) is 9.14. The van der Waals surface area contributed by atoms with Crippen LogP contribution >= 0.6 is 0 Å². The van der Waals surface area contributed by atoms with E-state index < -0.39 is 42.1 Å². The topological polar surface area (TPSA) is 199 Å². The molecule has 1 amide bonds. The number of nitrogens with one attached hydrogen (secondary N) is 1. The van der Waals surface area contributed by atoms with Crippen LogP contribution < -0.4 is 16.9 Å². The second-order valence-electron chi connectivity index (χ2n) is 6.58. The molecule has 0 aromatic carbocycles. The van der Waals surface area contributed by atoms with Crippen molar-refractivity contribution in [1.29, 1.82) is 0 Å². The highest BCUT2D eigenvalue weighted by Crippen LogP contribution is 2.28. The van der Waals surface area contributed by atoms with E-state index in [9.17, 15) is 24.6 Å². The van der Waals surface area contributed by atoms with E-state index in [0.29, 0.717) is 19.3 Å². The van der Waals surface area contributed by atoms with Crippen LogP contribution in [0.15, 0.2) is 11.1 Å². The third-order valence-corrected chi connectivity index (χ3v) is 4.42. The maximum Gasteiger partial charge on any atom is 0.354 e. The van der Waals surface area contributed by atoms with E-state index in [1.165, 1.54) is 0 Å². The van der Waals surface area contributed by atoms with Crippen LogP contribution in [0.5, 0.6) is 0 Å². The second kappa shape index (κ2) is 10.8. The van der Waals surface area contributed by atoms with Gasteiger partial charge in [-0.15, -0.1) is 0 Å². The van der Waals surface area contributed by atoms with Crippen molar-refractivity contribution in [1.82, 2.24) is 20.0 Å². The van der Waals surface area contributed by atoms with Crippen molar-refractivity contribution in [2.45, 2.75) is 63.1 Å². The largest absolute Gasteiger partial charge is 0.463 e. The molecule has 1 aliphatic rings. The highest BCUT2D eigenvalue weighted by Gasteiger charge is 2.44. The Balaban J connectivity index is 1.73. The van der Waals surface area contributed by atoms with Crippen LogP contribution in [-0.4, -0.2) is 66.8 Å². The zero-order valence-corrected chi connectivity index (χ0v) is 15.6. The molecule has 1 fully saturated rings. The number of anilines is 1. The summed E-state index contributed by atoms with van der Waals surface area (Å²) in [5, 5.41) is 28.6. The van der Waals surface area contributed by atoms with E-state index in [1.807, 2.05) is 0 Å². The van der Waals surface area contributed by atoms with Gasteiger partial charge in [-0.1, -0.05) is 12.8 Å². The fraction of sp³-hybridized carbons (Fsp3) is 0.688. The number of esters is 1. The van der Waals surface area contributed by atoms with Gasteiger partial charge in [-0.25, -0.2) is 15.3 Å². The molecule has 4 unspecified atom stereocenters. The first-order valence-electron chi connectivity index (χ1n) is 9.14. The van der Waals surface area contributed by atoms with E-state index in [4.69, 9.17) is 20.4 Å². The number of amides is 1. The van der Waals surface area contributed by atoms with Crippen molar-refractivity contribution in [3.05, 3.63) is 16.8 Å². The summed E-state index contributed by atoms with van der Waals surface area (Å²) in [5.74, 6) is -1.19. The number of nitrogens with two attached hydrogens (primary N) is 1. The molecule has 1 aliphatic heterocycles. The fourth-order valence-electron chi connectivity index (χ4n) is 2.84. The Morgan fingerprint density at radius 3 is 2.55 bits per heavy atom. The molecule has 0 spiro atoms. The Morgan fingerprint density at radius 1 is 1.21 bits per heavy atom. The summed E-state index contributed by atoms with van der Waals surface area (Å²) in [5.41, 5.74) is 6.06. The molecule has 1 saturated heterocycles. The van der Waals surface area contributed by atoms with Crippen molar-refractivity contribution >= 4 is 17.8 Å². The number of hydrogen-bond donors (Lipinski definition) is 5. The lowest BCUT2D eigenvalue weighted by Crippen LogP contribution is -2.36. The molecular weight excluding hydrogens is 390 g/mol. The number of hydroxylamine groups is 1. The van der Waals surface area contributed by atoms with Crippen molar-refractivity contribution < 1.29 is 34.5 Å². The third kappa shape index (κ3) is 6.45. The van der Waals surface area contributed by atoms with Gasteiger partial charge in [-0.05, 0) is 12.8 Å². The quantitative estimate of drug-likeness (QED) is 0.125. The highest BCUT2D eigenvalue weighted by molar-refractivity contribution is 5.74. The number of ether oxygens (including phenoxy) is 2. The number of nitrogen functional groups attached to an aromatic ring is 1. The summed E-state index contributed by atoms with van der Waals surface area (Å²) in [6.45, 7) is -0.297. The van der Waals surface area contributed by atoms with E-state index in [1.54, 1.807) is 5.48 Å². The summed E-state index contributed by atoms with van der Waals surface area (Å²) in [4.78, 5) is 41.6. The predicted octanol–water partition coefficient (Wildman–Crippen LogP) is -1.77. The van der Waals surface area contributed by atoms with Gasteiger partial charge in [0.25, 0.3) is 0 Å². The molecule has 2 rings (SSSR count). The molecule has 0 bridgehead atoms. The lowest BCUT2D eigenvalue weighted by molar-refractivity contribution is -0.150. The van der Waals surface area contributed by atoms with Crippen LogP contribution in [-0.2, 0) is 19.1 Å². The number of carbonyl (C=O) groups excluding carboxylic acids is 2. The van der Waals surface area contributed by atoms with E-state index in [2.05, 4.69) is 9.97 Å². The SMILES string of the molecule is Nc1ncn(C2OC(COC(=O)CCCCCCC(=O)NO)C(O)C2O)c(=O)n1. The smallest absolute Gasteiger partial charge is 0.354 e. The minimum absolute atomic E-state index is 0.145. The van der Waals surface area contributed by atoms with Crippen molar-refractivity contribution in [3.8, 4) is 0 Å². The summed E-state index contributed by atoms with van der Waals surface area (Å²) < 4.78 is 11.4. The predicted molar refractivity (Wildman–Crippen MR) is 95.2 cm³/mol. The van der Waals surface area contributed by atoms with Crippen LogP contribution in [0, 0.1) is 0 Å². The van der Waals surface area contributed by atoms with E-state index >= 15 is 0 Å². The monoisotopic (exact) mass is 415 g/mol. The molecule has 13 heteroatoms. The van der Waals surface area contributed by atoms with Crippen LogP contribution in [0.25, 0.3) is 0 Å². The van der Waals surface area contributed by atoms with Crippen molar-refractivity contribution in [2.75, 3.05) is 12.3 Å². The number of aromatic nitrogens is 3. The molecule has 0 aliphatic carbocycles. The Kier molecular flexibility index (Phi) is 8.45. The number of carbonyl (C=O) groups is 2. The summed E-state index contributed by atoms with van der Waals surface area (Å²) in [7, 11) is 0. The second-order valence-corrected chi connectivity index (χ2v) is 6.58. The highest BCUT2D eigenvalue weighted by atomic mass is 16.6. The third-order valence-electron chi connectivity index (χ3n) is 4.42. The summed E-state index contributed by atoms with van der Waals surface area (Å²) in [6, 6.07) is 0. The average Bonchev–Trinajstić information content (AvgIpc) is 2.97. The van der Waals surface area contributed by atoms with Gasteiger partial charge in [0.05, 0.1) is 0 Å². The van der Waals surface area contributed by atoms with Gasteiger partial charge in [0.1, 0.15) is 31.2 Å². The van der Waals surface area contributed by atoms with Gasteiger partial charge in [0.2, 0.25) is 11.9 Å². The fourth-order valence-corrected chi connectivity index (χ4v) is 2.84. The molecule has 4 atom stereocenters. The van der Waals surface area contributed by atoms with Gasteiger partial charge in [0.15, 0.2) is 6.23 Å². The Labute approximate surface area is 165 Å². The number of aliphatic hydroxyl groups excluding tert-OH is 2. The number of hydrogen-bond acceptors (Lipinski definition) is 11. The molecule has 2 heterocycles. The lowest BCUT2D eigenvalue weighted by Gasteiger charge is -2.16. The minimum Gasteiger partial charge on any atom is -0.463 e. The molecule has 162 valence electrons. The zero-order chi connectivity index (χ0) is 21.4. The molecular formula is C16H25N5O8. The maximum absolute atomic E-state index is 11.8. The Bertz CT molecular complexity index is 757. The van der Waals surface area contributed by atoms with Gasteiger partial charge < -0.3 is 25.4 Å². The van der Waals surface area contributed by atoms with Crippen molar-refractivity contribution in [3.63, 3.8) is 0 Å². The molecule has 0 saturated carbocycles. The van der Waals surface area contributed by atoms with Crippen LogP contribution in [0.2, 0.25) is 0 Å². The molecule has 13 nitrogen and oxygen atoms in total. The standard InChI is InChI=1S/C16H25N5O8/c17-15-18-8-21(16(26)19-15)14-13(25)12(24)9(29-14)7-28-11(23)6-4-2-1-3-5-10(22)20-27/h8-9,12-14,24-25,27H,1-7H2,(H,20,22)(H2,17,19,26).